The Kier molecular flexibility index (Phi) is 7.52. The Morgan fingerprint density at radius 1 is 1.06 bits per heavy atom. The molecule has 0 radical (unpaired) electrons. The molecular formula is C23H25N3O6S. The number of sulfonamides is 1. The number of amides is 2. The summed E-state index contributed by atoms with van der Waals surface area (Å²) in [6.07, 6.45) is 1.44. The average Bonchev–Trinajstić information content (AvgIpc) is 3.26. The predicted molar refractivity (Wildman–Crippen MR) is 123 cm³/mol. The summed E-state index contributed by atoms with van der Waals surface area (Å²) in [7, 11) is -2.52. The number of benzene rings is 2. The first-order chi connectivity index (χ1) is 15.7. The van der Waals surface area contributed by atoms with E-state index in [1.165, 1.54) is 38.5 Å². The smallest absolute Gasteiger partial charge is 0.243 e. The highest BCUT2D eigenvalue weighted by atomic mass is 32.2. The summed E-state index contributed by atoms with van der Waals surface area (Å²) < 4.78 is 38.1. The zero-order chi connectivity index (χ0) is 24.0. The molecule has 33 heavy (non-hydrogen) atoms. The van der Waals surface area contributed by atoms with Crippen LogP contribution >= 0.6 is 0 Å². The van der Waals surface area contributed by atoms with Crippen molar-refractivity contribution in [3.63, 3.8) is 0 Å². The molecule has 10 heteroatoms. The lowest BCUT2D eigenvalue weighted by Crippen LogP contribution is -2.37. The van der Waals surface area contributed by atoms with Crippen LogP contribution in [-0.2, 0) is 26.2 Å². The van der Waals surface area contributed by atoms with Crippen molar-refractivity contribution >= 4 is 33.2 Å². The third-order valence-electron chi connectivity index (χ3n) is 4.68. The minimum absolute atomic E-state index is 0.0739. The monoisotopic (exact) mass is 471 g/mol. The summed E-state index contributed by atoms with van der Waals surface area (Å²) in [5, 5.41) is 5.29. The maximum Gasteiger partial charge on any atom is 0.243 e. The Balaban J connectivity index is 1.83. The molecule has 1 aromatic heterocycles. The van der Waals surface area contributed by atoms with Crippen molar-refractivity contribution < 1.29 is 27.2 Å². The van der Waals surface area contributed by atoms with E-state index in [2.05, 4.69) is 10.6 Å². The molecule has 0 aliphatic carbocycles. The highest BCUT2D eigenvalue weighted by Gasteiger charge is 2.28. The van der Waals surface area contributed by atoms with E-state index in [9.17, 15) is 18.0 Å². The van der Waals surface area contributed by atoms with Crippen molar-refractivity contribution in [3.8, 4) is 5.75 Å². The number of aryl methyl sites for hydroxylation is 1. The molecule has 0 atom stereocenters. The molecule has 0 unspecified atom stereocenters. The summed E-state index contributed by atoms with van der Waals surface area (Å²) in [5.74, 6) is -0.0396. The van der Waals surface area contributed by atoms with Crippen molar-refractivity contribution in [1.82, 2.24) is 4.31 Å². The number of anilines is 2. The number of methoxy groups -OCH3 is 1. The first-order valence-electron chi connectivity index (χ1n) is 10.0. The van der Waals surface area contributed by atoms with Gasteiger partial charge in [0.15, 0.2) is 0 Å². The van der Waals surface area contributed by atoms with E-state index in [4.69, 9.17) is 9.15 Å². The summed E-state index contributed by atoms with van der Waals surface area (Å²) in [6.45, 7) is 2.65. The maximum atomic E-state index is 13.3. The number of carbonyl (C=O) groups excluding carboxylic acids is 2. The first-order valence-corrected chi connectivity index (χ1v) is 11.5. The number of carbonyl (C=O) groups is 2. The first kappa shape index (κ1) is 24.0. The molecule has 2 amide bonds. The van der Waals surface area contributed by atoms with Crippen molar-refractivity contribution in [3.05, 3.63) is 72.2 Å². The van der Waals surface area contributed by atoms with Crippen LogP contribution in [-0.4, -0.2) is 38.2 Å². The van der Waals surface area contributed by atoms with E-state index in [-0.39, 0.29) is 17.3 Å². The Morgan fingerprint density at radius 2 is 1.79 bits per heavy atom. The van der Waals surface area contributed by atoms with Crippen LogP contribution in [0.5, 0.6) is 5.75 Å². The minimum Gasteiger partial charge on any atom is -0.495 e. The van der Waals surface area contributed by atoms with Crippen LogP contribution in [0.25, 0.3) is 0 Å². The van der Waals surface area contributed by atoms with Crippen molar-refractivity contribution in [2.75, 3.05) is 24.3 Å². The van der Waals surface area contributed by atoms with Gasteiger partial charge in [-0.25, -0.2) is 8.42 Å². The van der Waals surface area contributed by atoms with Gasteiger partial charge in [0.1, 0.15) is 11.5 Å². The number of rotatable bonds is 9. The quantitative estimate of drug-likeness (QED) is 0.494. The molecule has 174 valence electrons. The molecule has 3 aromatic rings. The highest BCUT2D eigenvalue weighted by molar-refractivity contribution is 7.89. The summed E-state index contributed by atoms with van der Waals surface area (Å²) in [4.78, 5) is 24.3. The second-order valence-electron chi connectivity index (χ2n) is 7.31. The highest BCUT2D eigenvalue weighted by Crippen LogP contribution is 2.28. The van der Waals surface area contributed by atoms with E-state index in [0.29, 0.717) is 22.9 Å². The molecule has 0 saturated heterocycles. The number of nitrogens with one attached hydrogen (secondary N) is 2. The van der Waals surface area contributed by atoms with E-state index in [1.807, 2.05) is 6.92 Å². The fourth-order valence-corrected chi connectivity index (χ4v) is 4.46. The van der Waals surface area contributed by atoms with Crippen LogP contribution in [0.4, 0.5) is 11.4 Å². The normalized spacial score (nSPS) is 11.3. The van der Waals surface area contributed by atoms with E-state index >= 15 is 0 Å². The number of hydrogen-bond acceptors (Lipinski definition) is 6. The van der Waals surface area contributed by atoms with Crippen LogP contribution in [0.2, 0.25) is 0 Å². The Bertz CT molecular complexity index is 1220. The lowest BCUT2D eigenvalue weighted by Gasteiger charge is -2.21. The molecule has 1 heterocycles. The fraction of sp³-hybridized carbons (Fsp3) is 0.217. The molecule has 3 rings (SSSR count). The zero-order valence-corrected chi connectivity index (χ0v) is 19.3. The topological polar surface area (TPSA) is 118 Å². The molecule has 9 nitrogen and oxygen atoms in total. The van der Waals surface area contributed by atoms with Gasteiger partial charge in [-0.05, 0) is 49.4 Å². The molecule has 0 saturated carbocycles. The number of furan rings is 1. The van der Waals surface area contributed by atoms with Crippen LogP contribution < -0.4 is 15.4 Å². The molecule has 0 fully saturated rings. The van der Waals surface area contributed by atoms with Gasteiger partial charge in [0.2, 0.25) is 21.8 Å². The second kappa shape index (κ2) is 10.3. The largest absolute Gasteiger partial charge is 0.495 e. The molecule has 0 bridgehead atoms. The Labute approximate surface area is 192 Å². The van der Waals surface area contributed by atoms with Gasteiger partial charge in [0.05, 0.1) is 37.0 Å². The molecule has 0 spiro atoms. The summed E-state index contributed by atoms with van der Waals surface area (Å²) >= 11 is 0. The maximum absolute atomic E-state index is 13.3. The number of nitrogens with zero attached hydrogens (tertiary/aromatic N) is 1. The Morgan fingerprint density at radius 3 is 2.39 bits per heavy atom. The minimum atomic E-state index is -3.98. The zero-order valence-electron chi connectivity index (χ0n) is 18.5. The van der Waals surface area contributed by atoms with Crippen LogP contribution in [0.15, 0.2) is 70.2 Å². The van der Waals surface area contributed by atoms with E-state index in [1.54, 1.807) is 36.4 Å². The molecule has 0 aliphatic rings. The van der Waals surface area contributed by atoms with E-state index in [0.717, 1.165) is 9.87 Å². The van der Waals surface area contributed by atoms with Crippen molar-refractivity contribution in [1.29, 1.82) is 0 Å². The Hall–Kier alpha value is -3.63. The van der Waals surface area contributed by atoms with Gasteiger partial charge in [-0.2, -0.15) is 4.31 Å². The van der Waals surface area contributed by atoms with E-state index < -0.39 is 22.5 Å². The van der Waals surface area contributed by atoms with Crippen molar-refractivity contribution in [2.45, 2.75) is 25.3 Å². The fourth-order valence-electron chi connectivity index (χ4n) is 3.10. The number of hydrogen-bond donors (Lipinski definition) is 2. The summed E-state index contributed by atoms with van der Waals surface area (Å²) in [6, 6.07) is 14.4. The lowest BCUT2D eigenvalue weighted by molar-refractivity contribution is -0.116. The standard InChI is InChI=1S/C23H25N3O6S/c1-16-6-9-20(10-7-16)33(29,30)26(14-19-5-4-12-32-19)15-23(28)25-18-8-11-22(31-3)21(13-18)24-17(2)27/h4-13H,14-15H2,1-3H3,(H,24,27)(H,25,28). The van der Waals surface area contributed by atoms with Gasteiger partial charge < -0.3 is 19.8 Å². The molecular weight excluding hydrogens is 446 g/mol. The van der Waals surface area contributed by atoms with Crippen LogP contribution in [0.3, 0.4) is 0 Å². The lowest BCUT2D eigenvalue weighted by atomic mass is 10.2. The summed E-state index contributed by atoms with van der Waals surface area (Å²) in [5.41, 5.74) is 1.66. The van der Waals surface area contributed by atoms with Crippen molar-refractivity contribution in [2.24, 2.45) is 0 Å². The van der Waals surface area contributed by atoms with Crippen LogP contribution in [0, 0.1) is 6.92 Å². The van der Waals surface area contributed by atoms with Gasteiger partial charge >= 0.3 is 0 Å². The average molecular weight is 472 g/mol. The van der Waals surface area contributed by atoms with Gasteiger partial charge in [0, 0.05) is 12.6 Å². The predicted octanol–water partition coefficient (Wildman–Crippen LogP) is 3.38. The van der Waals surface area contributed by atoms with Gasteiger partial charge in [-0.15, -0.1) is 0 Å². The van der Waals surface area contributed by atoms with Crippen LogP contribution in [0.1, 0.15) is 18.2 Å². The third kappa shape index (κ3) is 6.21. The molecule has 0 aliphatic heterocycles. The van der Waals surface area contributed by atoms with Gasteiger partial charge in [-0.1, -0.05) is 17.7 Å². The second-order valence-corrected chi connectivity index (χ2v) is 9.25. The molecule has 2 N–H and O–H groups in total. The van der Waals surface area contributed by atoms with Gasteiger partial charge in [-0.3, -0.25) is 9.59 Å². The third-order valence-corrected chi connectivity index (χ3v) is 6.49. The molecule has 2 aromatic carbocycles. The van der Waals surface area contributed by atoms with Gasteiger partial charge in [0.25, 0.3) is 0 Å². The SMILES string of the molecule is COc1ccc(NC(=O)CN(Cc2ccco2)S(=O)(=O)c2ccc(C)cc2)cc1NC(C)=O. The number of ether oxygens (including phenoxy) is 1.